The van der Waals surface area contributed by atoms with Crippen LogP contribution >= 0.6 is 0 Å². The molecule has 0 aliphatic carbocycles. The molecular formula is C15H17N3. The molecule has 0 fully saturated rings. The van der Waals surface area contributed by atoms with Crippen molar-refractivity contribution in [2.45, 2.75) is 0 Å². The lowest BCUT2D eigenvalue weighted by Crippen LogP contribution is -2.08. The van der Waals surface area contributed by atoms with Gasteiger partial charge in [0.1, 0.15) is 5.65 Å². The lowest BCUT2D eigenvalue weighted by molar-refractivity contribution is 1.10. The molecule has 3 heteroatoms. The van der Waals surface area contributed by atoms with E-state index in [4.69, 9.17) is 0 Å². The van der Waals surface area contributed by atoms with E-state index in [0.29, 0.717) is 0 Å². The summed E-state index contributed by atoms with van der Waals surface area (Å²) in [6.45, 7) is 7.50. The van der Waals surface area contributed by atoms with Crippen LogP contribution in [0.3, 0.4) is 0 Å². The van der Waals surface area contributed by atoms with Gasteiger partial charge in [-0.2, -0.15) is 0 Å². The fourth-order valence-corrected chi connectivity index (χ4v) is 1.77. The highest BCUT2D eigenvalue weighted by atomic mass is 15.1. The minimum Gasteiger partial charge on any atom is -0.378 e. The van der Waals surface area contributed by atoms with Gasteiger partial charge in [-0.1, -0.05) is 31.4 Å². The molecule has 0 bridgehead atoms. The summed E-state index contributed by atoms with van der Waals surface area (Å²) >= 11 is 0. The van der Waals surface area contributed by atoms with E-state index in [2.05, 4.69) is 35.2 Å². The number of pyridine rings is 1. The van der Waals surface area contributed by atoms with Crippen LogP contribution in [-0.2, 0) is 0 Å². The summed E-state index contributed by atoms with van der Waals surface area (Å²) in [5.74, 6) is 0. The summed E-state index contributed by atoms with van der Waals surface area (Å²) in [6, 6.07) is 4.11. The van der Waals surface area contributed by atoms with Crippen molar-refractivity contribution < 1.29 is 0 Å². The first-order chi connectivity index (χ1) is 8.65. The third-order valence-electron chi connectivity index (χ3n) is 2.77. The molecule has 0 aliphatic heterocycles. The molecule has 0 N–H and O–H groups in total. The molecule has 0 aliphatic rings. The largest absolute Gasteiger partial charge is 0.378 e. The maximum absolute atomic E-state index is 4.59. The summed E-state index contributed by atoms with van der Waals surface area (Å²) in [5, 5.41) is 0. The van der Waals surface area contributed by atoms with Gasteiger partial charge < -0.3 is 9.30 Å². The smallest absolute Gasteiger partial charge is 0.139 e. The molecule has 0 spiro atoms. The monoisotopic (exact) mass is 239 g/mol. The molecule has 0 atom stereocenters. The Morgan fingerprint density at radius 1 is 1.39 bits per heavy atom. The molecule has 92 valence electrons. The Kier molecular flexibility index (Phi) is 3.33. The van der Waals surface area contributed by atoms with Gasteiger partial charge in [0.05, 0.1) is 5.69 Å². The standard InChI is InChI=1S/C15H17N3/c1-5-7-12(6-2)14-11-18-9-8-13(17(3)4)10-15(18)16-14/h5-11H,1-2H2,3-4H3/b12-7+. The van der Waals surface area contributed by atoms with Crippen molar-refractivity contribution in [3.8, 4) is 0 Å². The van der Waals surface area contributed by atoms with Crippen molar-refractivity contribution in [3.63, 3.8) is 0 Å². The topological polar surface area (TPSA) is 20.5 Å². The molecule has 2 heterocycles. The van der Waals surface area contributed by atoms with Crippen molar-refractivity contribution in [2.75, 3.05) is 19.0 Å². The van der Waals surface area contributed by atoms with Gasteiger partial charge in [-0.15, -0.1) is 0 Å². The number of aromatic nitrogens is 2. The molecule has 2 aromatic heterocycles. The van der Waals surface area contributed by atoms with Gasteiger partial charge in [0, 0.05) is 43.8 Å². The fourth-order valence-electron chi connectivity index (χ4n) is 1.77. The summed E-state index contributed by atoms with van der Waals surface area (Å²) in [5.41, 5.74) is 3.93. The number of fused-ring (bicyclic) bond motifs is 1. The molecule has 18 heavy (non-hydrogen) atoms. The minimum atomic E-state index is 0.904. The highest BCUT2D eigenvalue weighted by molar-refractivity contribution is 5.74. The van der Waals surface area contributed by atoms with Gasteiger partial charge in [-0.25, -0.2) is 4.98 Å². The van der Waals surface area contributed by atoms with Crippen LogP contribution in [0.5, 0.6) is 0 Å². The minimum absolute atomic E-state index is 0.904. The van der Waals surface area contributed by atoms with E-state index in [9.17, 15) is 0 Å². The number of nitrogens with zero attached hydrogens (tertiary/aromatic N) is 3. The normalized spacial score (nSPS) is 11.6. The van der Waals surface area contributed by atoms with Gasteiger partial charge in [0.25, 0.3) is 0 Å². The average Bonchev–Trinajstić information content (AvgIpc) is 2.78. The number of hydrogen-bond donors (Lipinski definition) is 0. The summed E-state index contributed by atoms with van der Waals surface area (Å²) < 4.78 is 2.00. The van der Waals surface area contributed by atoms with Crippen LogP contribution in [0, 0.1) is 0 Å². The Morgan fingerprint density at radius 3 is 2.78 bits per heavy atom. The van der Waals surface area contributed by atoms with Gasteiger partial charge in [0.2, 0.25) is 0 Å². The molecule has 0 radical (unpaired) electrons. The zero-order valence-electron chi connectivity index (χ0n) is 10.8. The van der Waals surface area contributed by atoms with Crippen molar-refractivity contribution in [1.29, 1.82) is 0 Å². The maximum atomic E-state index is 4.59. The molecule has 0 saturated heterocycles. The number of anilines is 1. The zero-order chi connectivity index (χ0) is 13.1. The SMILES string of the molecule is C=C/C=C(\C=C)c1cn2ccc(N(C)C)cc2n1. The van der Waals surface area contributed by atoms with Gasteiger partial charge in [0.15, 0.2) is 0 Å². The molecule has 0 unspecified atom stereocenters. The van der Waals surface area contributed by atoms with Crippen molar-refractivity contribution in [3.05, 3.63) is 61.6 Å². The number of rotatable bonds is 4. The van der Waals surface area contributed by atoms with Gasteiger partial charge >= 0.3 is 0 Å². The first-order valence-electron chi connectivity index (χ1n) is 5.77. The second kappa shape index (κ2) is 4.92. The number of imidazole rings is 1. The van der Waals surface area contributed by atoms with Crippen molar-refractivity contribution >= 4 is 16.9 Å². The summed E-state index contributed by atoms with van der Waals surface area (Å²) in [4.78, 5) is 6.65. The second-order valence-corrected chi connectivity index (χ2v) is 4.23. The van der Waals surface area contributed by atoms with E-state index in [0.717, 1.165) is 22.6 Å². The van der Waals surface area contributed by atoms with E-state index in [-0.39, 0.29) is 0 Å². The molecule has 3 nitrogen and oxygen atoms in total. The predicted octanol–water partition coefficient (Wildman–Crippen LogP) is 3.16. The molecular weight excluding hydrogens is 222 g/mol. The maximum Gasteiger partial charge on any atom is 0.139 e. The molecule has 0 aromatic carbocycles. The quantitative estimate of drug-likeness (QED) is 0.764. The van der Waals surface area contributed by atoms with Gasteiger partial charge in [-0.3, -0.25) is 0 Å². The number of allylic oxidation sites excluding steroid dienone is 4. The van der Waals surface area contributed by atoms with E-state index >= 15 is 0 Å². The second-order valence-electron chi connectivity index (χ2n) is 4.23. The van der Waals surface area contributed by atoms with Crippen molar-refractivity contribution in [2.24, 2.45) is 0 Å². The van der Waals surface area contributed by atoms with E-state index < -0.39 is 0 Å². The van der Waals surface area contributed by atoms with E-state index in [1.807, 2.05) is 37.0 Å². The van der Waals surface area contributed by atoms with Crippen molar-refractivity contribution in [1.82, 2.24) is 9.38 Å². The first-order valence-corrected chi connectivity index (χ1v) is 5.77. The Labute approximate surface area is 107 Å². The molecule has 2 rings (SSSR count). The molecule has 2 aromatic rings. The number of hydrogen-bond acceptors (Lipinski definition) is 2. The summed E-state index contributed by atoms with van der Waals surface area (Å²) in [6.07, 6.45) is 9.44. The third kappa shape index (κ3) is 2.20. The first kappa shape index (κ1) is 12.2. The predicted molar refractivity (Wildman–Crippen MR) is 77.9 cm³/mol. The highest BCUT2D eigenvalue weighted by Gasteiger charge is 2.05. The van der Waals surface area contributed by atoms with Crippen LogP contribution in [0.25, 0.3) is 11.2 Å². The molecule has 0 amide bonds. The van der Waals surface area contributed by atoms with Crippen LogP contribution in [0.1, 0.15) is 5.69 Å². The lowest BCUT2D eigenvalue weighted by atomic mass is 10.2. The fraction of sp³-hybridized carbons (Fsp3) is 0.133. The lowest BCUT2D eigenvalue weighted by Gasteiger charge is -2.11. The van der Waals surface area contributed by atoms with Crippen LogP contribution in [0.4, 0.5) is 5.69 Å². The highest BCUT2D eigenvalue weighted by Crippen LogP contribution is 2.19. The Morgan fingerprint density at radius 2 is 2.17 bits per heavy atom. The van der Waals surface area contributed by atoms with E-state index in [1.54, 1.807) is 12.2 Å². The third-order valence-corrected chi connectivity index (χ3v) is 2.77. The Hall–Kier alpha value is -2.29. The van der Waals surface area contributed by atoms with Gasteiger partial charge in [-0.05, 0) is 6.07 Å². The van der Waals surface area contributed by atoms with E-state index in [1.165, 1.54) is 0 Å². The Balaban J connectivity index is 2.53. The molecule has 0 saturated carbocycles. The Bertz CT molecular complexity index is 618. The van der Waals surface area contributed by atoms with Crippen LogP contribution in [0.2, 0.25) is 0 Å². The van der Waals surface area contributed by atoms with Crippen LogP contribution in [-0.4, -0.2) is 23.5 Å². The van der Waals surface area contributed by atoms with Crippen LogP contribution in [0.15, 0.2) is 55.9 Å². The van der Waals surface area contributed by atoms with Crippen LogP contribution < -0.4 is 4.90 Å². The summed E-state index contributed by atoms with van der Waals surface area (Å²) in [7, 11) is 4.03. The zero-order valence-corrected chi connectivity index (χ0v) is 10.8. The average molecular weight is 239 g/mol.